The Kier molecular flexibility index (Phi) is 6.54. The number of amides is 1. The first-order chi connectivity index (χ1) is 11.5. The summed E-state index contributed by atoms with van der Waals surface area (Å²) in [6.07, 6.45) is 2.08. The summed E-state index contributed by atoms with van der Waals surface area (Å²) in [5.41, 5.74) is 0.871. The van der Waals surface area contributed by atoms with Crippen LogP contribution in [0.15, 0.2) is 24.3 Å². The molecule has 6 nitrogen and oxygen atoms in total. The average Bonchev–Trinajstić information content (AvgIpc) is 2.92. The Balaban J connectivity index is 2.04. The average molecular weight is 348 g/mol. The summed E-state index contributed by atoms with van der Waals surface area (Å²) in [5, 5.41) is 9.93. The lowest BCUT2D eigenvalue weighted by molar-refractivity contribution is -0.121. The lowest BCUT2D eigenvalue weighted by Crippen LogP contribution is -2.29. The van der Waals surface area contributed by atoms with Crippen molar-refractivity contribution in [2.75, 3.05) is 13.7 Å². The highest BCUT2D eigenvalue weighted by Gasteiger charge is 2.12. The van der Waals surface area contributed by atoms with Gasteiger partial charge in [-0.05, 0) is 55.2 Å². The Morgan fingerprint density at radius 3 is 2.71 bits per heavy atom. The number of rotatable bonds is 8. The summed E-state index contributed by atoms with van der Waals surface area (Å²) in [5.74, 6) is 1.99. The molecule has 0 unspecified atom stereocenters. The van der Waals surface area contributed by atoms with Crippen molar-refractivity contribution in [3.05, 3.63) is 29.0 Å². The van der Waals surface area contributed by atoms with Crippen LogP contribution in [-0.2, 0) is 11.3 Å². The van der Waals surface area contributed by atoms with Crippen molar-refractivity contribution >= 4 is 18.1 Å². The van der Waals surface area contributed by atoms with Crippen LogP contribution in [0.2, 0.25) is 0 Å². The van der Waals surface area contributed by atoms with E-state index in [0.29, 0.717) is 23.1 Å². The molecular weight excluding hydrogens is 324 g/mol. The number of benzene rings is 1. The van der Waals surface area contributed by atoms with Crippen LogP contribution >= 0.6 is 12.2 Å². The minimum absolute atomic E-state index is 0.0639. The molecule has 0 aliphatic carbocycles. The molecule has 0 spiro atoms. The molecule has 2 aromatic rings. The maximum absolute atomic E-state index is 12.2. The summed E-state index contributed by atoms with van der Waals surface area (Å²) in [6, 6.07) is 7.48. The second-order valence-electron chi connectivity index (χ2n) is 6.05. The van der Waals surface area contributed by atoms with E-state index in [4.69, 9.17) is 17.0 Å². The van der Waals surface area contributed by atoms with E-state index < -0.39 is 0 Å². The molecule has 0 fully saturated rings. The van der Waals surface area contributed by atoms with Crippen molar-refractivity contribution in [3.63, 3.8) is 0 Å². The third kappa shape index (κ3) is 4.92. The smallest absolute Gasteiger partial charge is 0.240 e. The summed E-state index contributed by atoms with van der Waals surface area (Å²) < 4.78 is 7.29. The van der Waals surface area contributed by atoms with Crippen LogP contribution in [0.5, 0.6) is 5.75 Å². The van der Waals surface area contributed by atoms with E-state index in [1.807, 2.05) is 24.3 Å². The molecule has 0 aliphatic heterocycles. The molecule has 0 aliphatic rings. The second kappa shape index (κ2) is 8.63. The number of nitrogens with one attached hydrogen (secondary N) is 2. The monoisotopic (exact) mass is 348 g/mol. The topological polar surface area (TPSA) is 71.9 Å². The number of hydrogen-bond donors (Lipinski definition) is 2. The van der Waals surface area contributed by atoms with Gasteiger partial charge in [0.2, 0.25) is 5.91 Å². The number of H-pyrrole nitrogens is 1. The zero-order valence-electron chi connectivity index (χ0n) is 14.3. The van der Waals surface area contributed by atoms with Crippen molar-refractivity contribution in [2.45, 2.75) is 33.2 Å². The Labute approximate surface area is 147 Å². The number of aromatic amines is 1. The van der Waals surface area contributed by atoms with E-state index in [1.165, 1.54) is 0 Å². The van der Waals surface area contributed by atoms with Gasteiger partial charge in [0.05, 0.1) is 7.11 Å². The van der Waals surface area contributed by atoms with Crippen LogP contribution in [-0.4, -0.2) is 34.3 Å². The van der Waals surface area contributed by atoms with Gasteiger partial charge in [-0.2, -0.15) is 5.10 Å². The van der Waals surface area contributed by atoms with Crippen LogP contribution < -0.4 is 10.1 Å². The first-order valence-electron chi connectivity index (χ1n) is 8.07. The fourth-order valence-corrected chi connectivity index (χ4v) is 2.56. The van der Waals surface area contributed by atoms with E-state index in [9.17, 15) is 4.79 Å². The number of ether oxygens (including phenoxy) is 1. The summed E-state index contributed by atoms with van der Waals surface area (Å²) in [6.45, 7) is 5.18. The Bertz CT molecular complexity index is 719. The van der Waals surface area contributed by atoms with Crippen molar-refractivity contribution in [2.24, 2.45) is 5.92 Å². The van der Waals surface area contributed by atoms with Gasteiger partial charge < -0.3 is 10.1 Å². The van der Waals surface area contributed by atoms with Gasteiger partial charge in [-0.25, -0.2) is 0 Å². The predicted molar refractivity (Wildman–Crippen MR) is 96.5 cm³/mol. The number of hydrogen-bond acceptors (Lipinski definition) is 4. The van der Waals surface area contributed by atoms with E-state index >= 15 is 0 Å². The van der Waals surface area contributed by atoms with Gasteiger partial charge in [0.15, 0.2) is 10.6 Å². The van der Waals surface area contributed by atoms with Crippen LogP contribution in [0, 0.1) is 10.7 Å². The minimum Gasteiger partial charge on any atom is -0.497 e. The molecule has 2 rings (SSSR count). The van der Waals surface area contributed by atoms with Crippen molar-refractivity contribution in [1.82, 2.24) is 20.1 Å². The normalized spacial score (nSPS) is 10.8. The molecule has 1 heterocycles. The zero-order chi connectivity index (χ0) is 17.5. The number of carbonyl (C=O) groups excluding carboxylic acids is 1. The number of aromatic nitrogens is 3. The molecule has 2 N–H and O–H groups in total. The Morgan fingerprint density at radius 1 is 1.38 bits per heavy atom. The van der Waals surface area contributed by atoms with Gasteiger partial charge in [0.1, 0.15) is 12.3 Å². The lowest BCUT2D eigenvalue weighted by Gasteiger charge is -2.09. The van der Waals surface area contributed by atoms with Gasteiger partial charge in [0, 0.05) is 12.1 Å². The van der Waals surface area contributed by atoms with Gasteiger partial charge in [-0.1, -0.05) is 13.8 Å². The summed E-state index contributed by atoms with van der Waals surface area (Å²) >= 11 is 5.25. The van der Waals surface area contributed by atoms with Crippen LogP contribution in [0.25, 0.3) is 11.4 Å². The maximum Gasteiger partial charge on any atom is 0.240 e. The van der Waals surface area contributed by atoms with Gasteiger partial charge in [0.25, 0.3) is 0 Å². The quantitative estimate of drug-likeness (QED) is 0.568. The summed E-state index contributed by atoms with van der Waals surface area (Å²) in [7, 11) is 1.62. The fraction of sp³-hybridized carbons (Fsp3) is 0.471. The highest BCUT2D eigenvalue weighted by Crippen LogP contribution is 2.20. The highest BCUT2D eigenvalue weighted by molar-refractivity contribution is 7.71. The van der Waals surface area contributed by atoms with E-state index in [2.05, 4.69) is 29.4 Å². The molecule has 1 aromatic heterocycles. The number of carbonyl (C=O) groups is 1. The molecule has 0 atom stereocenters. The van der Waals surface area contributed by atoms with Crippen molar-refractivity contribution < 1.29 is 9.53 Å². The fourth-order valence-electron chi connectivity index (χ4n) is 2.36. The first kappa shape index (κ1) is 18.2. The number of nitrogens with zero attached hydrogens (tertiary/aromatic N) is 2. The zero-order valence-corrected chi connectivity index (χ0v) is 15.2. The van der Waals surface area contributed by atoms with E-state index in [1.54, 1.807) is 11.7 Å². The molecule has 24 heavy (non-hydrogen) atoms. The highest BCUT2D eigenvalue weighted by atomic mass is 32.1. The molecule has 130 valence electrons. The summed E-state index contributed by atoms with van der Waals surface area (Å²) in [4.78, 5) is 12.2. The molecule has 0 saturated heterocycles. The predicted octanol–water partition coefficient (Wildman–Crippen LogP) is 3.17. The molecular formula is C17H24N4O2S. The SMILES string of the molecule is COc1ccc(-c2n[nH]c(=S)n2CC(=O)NCCCC(C)C)cc1. The molecule has 0 radical (unpaired) electrons. The van der Waals surface area contributed by atoms with E-state index in [-0.39, 0.29) is 12.5 Å². The molecule has 1 amide bonds. The molecule has 7 heteroatoms. The standard InChI is InChI=1S/C17H24N4O2S/c1-12(2)5-4-10-18-15(22)11-21-16(19-20-17(21)24)13-6-8-14(23-3)9-7-13/h6-9,12H,4-5,10-11H2,1-3H3,(H,18,22)(H,20,24). The maximum atomic E-state index is 12.2. The van der Waals surface area contributed by atoms with E-state index in [0.717, 1.165) is 24.2 Å². The number of methoxy groups -OCH3 is 1. The van der Waals surface area contributed by atoms with Crippen molar-refractivity contribution in [3.8, 4) is 17.1 Å². The van der Waals surface area contributed by atoms with Gasteiger partial charge in [-0.3, -0.25) is 14.5 Å². The lowest BCUT2D eigenvalue weighted by atomic mass is 10.1. The molecule has 0 saturated carbocycles. The van der Waals surface area contributed by atoms with Crippen molar-refractivity contribution in [1.29, 1.82) is 0 Å². The third-order valence-corrected chi connectivity index (χ3v) is 4.00. The second-order valence-corrected chi connectivity index (χ2v) is 6.44. The molecule has 0 bridgehead atoms. The van der Waals surface area contributed by atoms with Crippen LogP contribution in [0.4, 0.5) is 0 Å². The Hall–Kier alpha value is -2.15. The van der Waals surface area contributed by atoms with Crippen LogP contribution in [0.1, 0.15) is 26.7 Å². The van der Waals surface area contributed by atoms with Gasteiger partial charge in [-0.15, -0.1) is 0 Å². The van der Waals surface area contributed by atoms with Gasteiger partial charge >= 0.3 is 0 Å². The Morgan fingerprint density at radius 2 is 2.08 bits per heavy atom. The molecule has 1 aromatic carbocycles. The first-order valence-corrected chi connectivity index (χ1v) is 8.48. The third-order valence-electron chi connectivity index (χ3n) is 3.69. The van der Waals surface area contributed by atoms with Crippen LogP contribution in [0.3, 0.4) is 0 Å². The largest absolute Gasteiger partial charge is 0.497 e. The minimum atomic E-state index is -0.0639.